The van der Waals surface area contributed by atoms with E-state index in [-0.39, 0.29) is 6.10 Å². The van der Waals surface area contributed by atoms with Gasteiger partial charge in [-0.15, -0.1) is 0 Å². The van der Waals surface area contributed by atoms with Gasteiger partial charge in [0.1, 0.15) is 5.82 Å². The Hall–Kier alpha value is -1.92. The van der Waals surface area contributed by atoms with E-state index in [1.807, 2.05) is 31.2 Å². The third kappa shape index (κ3) is 3.76. The maximum atomic E-state index is 11.6. The van der Waals surface area contributed by atoms with Crippen LogP contribution in [0.3, 0.4) is 0 Å². The Labute approximate surface area is 142 Å². The highest BCUT2D eigenvalue weighted by atomic mass is 32.2. The molecule has 3 rings (SSSR count). The Balaban J connectivity index is 1.91. The van der Waals surface area contributed by atoms with Crippen molar-refractivity contribution in [1.29, 1.82) is 0 Å². The highest BCUT2D eigenvalue weighted by molar-refractivity contribution is 7.90. The first-order valence-corrected chi connectivity index (χ1v) is 9.94. The van der Waals surface area contributed by atoms with Gasteiger partial charge in [-0.25, -0.2) is 13.4 Å². The number of aryl methyl sites for hydroxylation is 1. The van der Waals surface area contributed by atoms with E-state index in [1.54, 1.807) is 12.1 Å². The van der Waals surface area contributed by atoms with Gasteiger partial charge in [0.25, 0.3) is 0 Å². The summed E-state index contributed by atoms with van der Waals surface area (Å²) in [7, 11) is -3.18. The lowest BCUT2D eigenvalue weighted by Gasteiger charge is -2.31. The number of aliphatic hydroxyl groups excluding tert-OH is 1. The quantitative estimate of drug-likeness (QED) is 0.924. The Kier molecular flexibility index (Phi) is 4.60. The van der Waals surface area contributed by atoms with Gasteiger partial charge in [0.15, 0.2) is 9.84 Å². The maximum absolute atomic E-state index is 11.6. The Morgan fingerprint density at radius 1 is 1.08 bits per heavy atom. The number of hydrogen-bond donors (Lipinski definition) is 1. The fraction of sp³-hybridized carbons (Fsp3) is 0.389. The molecule has 1 fully saturated rings. The van der Waals surface area contributed by atoms with E-state index in [1.165, 1.54) is 6.26 Å². The van der Waals surface area contributed by atoms with E-state index >= 15 is 0 Å². The zero-order valence-corrected chi connectivity index (χ0v) is 14.8. The molecular weight excluding hydrogens is 324 g/mol. The lowest BCUT2D eigenvalue weighted by molar-refractivity contribution is 0.145. The molecule has 1 N–H and O–H groups in total. The molecule has 0 radical (unpaired) electrons. The van der Waals surface area contributed by atoms with Crippen molar-refractivity contribution < 1.29 is 13.5 Å². The average Bonchev–Trinajstić information content (AvgIpc) is 2.54. The molecule has 1 aromatic carbocycles. The monoisotopic (exact) mass is 346 g/mol. The van der Waals surface area contributed by atoms with Crippen molar-refractivity contribution in [3.8, 4) is 11.1 Å². The standard InChI is InChI=1S/C18H22N2O3S/c1-13-11-15(14-3-5-17(6-4-14)24(2,22)23)12-18(19-13)20-9-7-16(21)8-10-20/h3-6,11-12,16,21H,7-10H2,1-2H3. The van der Waals surface area contributed by atoms with Crippen molar-refractivity contribution in [2.75, 3.05) is 24.2 Å². The van der Waals surface area contributed by atoms with E-state index < -0.39 is 9.84 Å². The van der Waals surface area contributed by atoms with Crippen LogP contribution in [0, 0.1) is 6.92 Å². The van der Waals surface area contributed by atoms with Crippen LogP contribution in [0.15, 0.2) is 41.3 Å². The summed E-state index contributed by atoms with van der Waals surface area (Å²) in [5.74, 6) is 0.907. The fourth-order valence-corrected chi connectivity index (χ4v) is 3.60. The van der Waals surface area contributed by atoms with Gasteiger partial charge in [-0.2, -0.15) is 0 Å². The highest BCUT2D eigenvalue weighted by Crippen LogP contribution is 2.27. The minimum Gasteiger partial charge on any atom is -0.393 e. The van der Waals surface area contributed by atoms with Gasteiger partial charge in [-0.3, -0.25) is 0 Å². The summed E-state index contributed by atoms with van der Waals surface area (Å²) in [4.78, 5) is 7.12. The van der Waals surface area contributed by atoms with Gasteiger partial charge in [0.2, 0.25) is 0 Å². The van der Waals surface area contributed by atoms with Gasteiger partial charge in [-0.1, -0.05) is 12.1 Å². The Morgan fingerprint density at radius 3 is 2.29 bits per heavy atom. The summed E-state index contributed by atoms with van der Waals surface area (Å²) in [6.45, 7) is 3.55. The lowest BCUT2D eigenvalue weighted by Crippen LogP contribution is -2.36. The molecule has 1 saturated heterocycles. The van der Waals surface area contributed by atoms with Crippen LogP contribution in [0.25, 0.3) is 11.1 Å². The summed E-state index contributed by atoms with van der Waals surface area (Å²) >= 11 is 0. The predicted molar refractivity (Wildman–Crippen MR) is 95.0 cm³/mol. The molecular formula is C18H22N2O3S. The summed E-state index contributed by atoms with van der Waals surface area (Å²) in [6.07, 6.45) is 2.51. The van der Waals surface area contributed by atoms with Gasteiger partial charge in [-0.05, 0) is 55.2 Å². The third-order valence-electron chi connectivity index (χ3n) is 4.34. The first-order valence-electron chi connectivity index (χ1n) is 8.05. The van der Waals surface area contributed by atoms with Crippen molar-refractivity contribution in [3.05, 3.63) is 42.1 Å². The number of aromatic nitrogens is 1. The Bertz CT molecular complexity index is 824. The van der Waals surface area contributed by atoms with Gasteiger partial charge in [0, 0.05) is 25.0 Å². The maximum Gasteiger partial charge on any atom is 0.175 e. The molecule has 1 aromatic heterocycles. The molecule has 24 heavy (non-hydrogen) atoms. The smallest absolute Gasteiger partial charge is 0.175 e. The molecule has 0 unspecified atom stereocenters. The number of nitrogens with zero attached hydrogens (tertiary/aromatic N) is 2. The molecule has 0 amide bonds. The van der Waals surface area contributed by atoms with Crippen LogP contribution in [0.2, 0.25) is 0 Å². The molecule has 0 bridgehead atoms. The minimum atomic E-state index is -3.18. The molecule has 6 heteroatoms. The second-order valence-electron chi connectivity index (χ2n) is 6.37. The molecule has 1 aliphatic heterocycles. The molecule has 0 atom stereocenters. The molecule has 128 valence electrons. The van der Waals surface area contributed by atoms with Crippen LogP contribution < -0.4 is 4.90 Å². The zero-order chi connectivity index (χ0) is 17.3. The van der Waals surface area contributed by atoms with E-state index in [0.29, 0.717) is 4.90 Å². The lowest BCUT2D eigenvalue weighted by atomic mass is 10.0. The number of piperidine rings is 1. The van der Waals surface area contributed by atoms with Crippen molar-refractivity contribution in [1.82, 2.24) is 4.98 Å². The van der Waals surface area contributed by atoms with Gasteiger partial charge in [0.05, 0.1) is 11.0 Å². The van der Waals surface area contributed by atoms with Crippen molar-refractivity contribution in [2.24, 2.45) is 0 Å². The zero-order valence-electron chi connectivity index (χ0n) is 13.9. The van der Waals surface area contributed by atoms with E-state index in [2.05, 4.69) is 9.88 Å². The van der Waals surface area contributed by atoms with Gasteiger partial charge < -0.3 is 10.0 Å². The second kappa shape index (κ2) is 6.53. The average molecular weight is 346 g/mol. The molecule has 2 heterocycles. The molecule has 1 aliphatic rings. The molecule has 0 spiro atoms. The van der Waals surface area contributed by atoms with Crippen molar-refractivity contribution in [3.63, 3.8) is 0 Å². The topological polar surface area (TPSA) is 70.5 Å². The first-order chi connectivity index (χ1) is 11.3. The summed E-state index contributed by atoms with van der Waals surface area (Å²) < 4.78 is 23.2. The molecule has 0 saturated carbocycles. The van der Waals surface area contributed by atoms with Crippen LogP contribution in [-0.4, -0.2) is 44.0 Å². The molecule has 0 aliphatic carbocycles. The highest BCUT2D eigenvalue weighted by Gasteiger charge is 2.19. The van der Waals surface area contributed by atoms with E-state index in [0.717, 1.165) is 48.6 Å². The minimum absolute atomic E-state index is 0.214. The molecule has 5 nitrogen and oxygen atoms in total. The number of hydrogen-bond acceptors (Lipinski definition) is 5. The predicted octanol–water partition coefficient (Wildman–Crippen LogP) is 2.42. The van der Waals surface area contributed by atoms with Crippen LogP contribution in [-0.2, 0) is 9.84 Å². The number of anilines is 1. The number of rotatable bonds is 3. The summed E-state index contributed by atoms with van der Waals surface area (Å²) in [5.41, 5.74) is 2.90. The van der Waals surface area contributed by atoms with Crippen molar-refractivity contribution in [2.45, 2.75) is 30.8 Å². The van der Waals surface area contributed by atoms with Crippen LogP contribution >= 0.6 is 0 Å². The van der Waals surface area contributed by atoms with E-state index in [9.17, 15) is 13.5 Å². The van der Waals surface area contributed by atoms with Gasteiger partial charge >= 0.3 is 0 Å². The van der Waals surface area contributed by atoms with Crippen molar-refractivity contribution >= 4 is 15.7 Å². The first kappa shape index (κ1) is 16.9. The van der Waals surface area contributed by atoms with Crippen LogP contribution in [0.5, 0.6) is 0 Å². The summed E-state index contributed by atoms with van der Waals surface area (Å²) in [5, 5.41) is 9.66. The molecule has 2 aromatic rings. The largest absolute Gasteiger partial charge is 0.393 e. The number of pyridine rings is 1. The number of sulfone groups is 1. The SMILES string of the molecule is Cc1cc(-c2ccc(S(C)(=O)=O)cc2)cc(N2CCC(O)CC2)n1. The second-order valence-corrected chi connectivity index (χ2v) is 8.39. The summed E-state index contributed by atoms with van der Waals surface area (Å²) in [6, 6.07) is 11.0. The fourth-order valence-electron chi connectivity index (χ4n) is 2.97. The Morgan fingerprint density at radius 2 is 1.71 bits per heavy atom. The normalized spacial score (nSPS) is 16.4. The number of benzene rings is 1. The van der Waals surface area contributed by atoms with E-state index in [4.69, 9.17) is 0 Å². The number of aliphatic hydroxyl groups is 1. The van der Waals surface area contributed by atoms with Crippen LogP contribution in [0.1, 0.15) is 18.5 Å². The third-order valence-corrected chi connectivity index (χ3v) is 5.47. The van der Waals surface area contributed by atoms with Crippen LogP contribution in [0.4, 0.5) is 5.82 Å².